The average molecular weight is 436 g/mol. The number of methoxy groups -OCH3 is 1. The molecular formula is C23H21N3O4S. The summed E-state index contributed by atoms with van der Waals surface area (Å²) in [6, 6.07) is 18.7. The number of ether oxygens (including phenoxy) is 1. The van der Waals surface area contributed by atoms with Crippen LogP contribution in [0.2, 0.25) is 0 Å². The second-order valence-corrected chi connectivity index (χ2v) is 7.76. The largest absolute Gasteiger partial charge is 0.497 e. The molecule has 1 amide bonds. The molecule has 1 N–H and O–H groups in total. The number of nitrogens with zero attached hydrogens (tertiary/aromatic N) is 2. The Labute approximate surface area is 183 Å². The second-order valence-electron chi connectivity index (χ2n) is 6.77. The lowest BCUT2D eigenvalue weighted by Crippen LogP contribution is -2.14. The second kappa shape index (κ2) is 9.53. The minimum Gasteiger partial charge on any atom is -0.497 e. The lowest BCUT2D eigenvalue weighted by atomic mass is 10.1. The zero-order valence-corrected chi connectivity index (χ0v) is 17.9. The molecule has 0 fully saturated rings. The van der Waals surface area contributed by atoms with Gasteiger partial charge in [0.15, 0.2) is 5.76 Å². The summed E-state index contributed by atoms with van der Waals surface area (Å²) in [6.45, 7) is 2.00. The molecule has 31 heavy (non-hydrogen) atoms. The molecule has 2 heterocycles. The number of thioether (sulfide) groups is 1. The molecule has 0 atom stereocenters. The Morgan fingerprint density at radius 1 is 1.10 bits per heavy atom. The van der Waals surface area contributed by atoms with Crippen molar-refractivity contribution >= 4 is 23.4 Å². The Morgan fingerprint density at radius 2 is 1.90 bits per heavy atom. The van der Waals surface area contributed by atoms with Gasteiger partial charge in [-0.15, -0.1) is 11.8 Å². The number of aryl methyl sites for hydroxylation is 1. The first kappa shape index (κ1) is 20.7. The van der Waals surface area contributed by atoms with Crippen LogP contribution in [0.15, 0.2) is 69.6 Å². The number of benzene rings is 2. The van der Waals surface area contributed by atoms with Gasteiger partial charge in [-0.3, -0.25) is 4.79 Å². The standard InChI is InChI=1S/C23H21N3O4S/c1-15-5-3-4-6-19(15)22-25-23(30-26-22)20-12-11-18(29-20)13-31-14-21(27)24-16-7-9-17(28-2)10-8-16/h3-12H,13-14H2,1-2H3,(H,24,27). The zero-order chi connectivity index (χ0) is 21.6. The summed E-state index contributed by atoms with van der Waals surface area (Å²) < 4.78 is 16.3. The van der Waals surface area contributed by atoms with Crippen LogP contribution in [0.5, 0.6) is 5.75 Å². The molecule has 4 aromatic rings. The van der Waals surface area contributed by atoms with Gasteiger partial charge in [0.05, 0.1) is 18.6 Å². The van der Waals surface area contributed by atoms with Gasteiger partial charge in [0.25, 0.3) is 5.89 Å². The molecule has 0 aliphatic rings. The highest BCUT2D eigenvalue weighted by Gasteiger charge is 2.15. The first-order valence-corrected chi connectivity index (χ1v) is 10.8. The van der Waals surface area contributed by atoms with Crippen LogP contribution in [0.1, 0.15) is 11.3 Å². The number of anilines is 1. The molecule has 2 aromatic heterocycles. The van der Waals surface area contributed by atoms with E-state index in [9.17, 15) is 4.79 Å². The van der Waals surface area contributed by atoms with E-state index in [1.165, 1.54) is 11.8 Å². The lowest BCUT2D eigenvalue weighted by molar-refractivity contribution is -0.113. The fourth-order valence-electron chi connectivity index (χ4n) is 2.94. The van der Waals surface area contributed by atoms with Crippen molar-refractivity contribution in [2.24, 2.45) is 0 Å². The van der Waals surface area contributed by atoms with Crippen LogP contribution in [0.4, 0.5) is 5.69 Å². The molecule has 0 aliphatic carbocycles. The first-order chi connectivity index (χ1) is 15.1. The maximum absolute atomic E-state index is 12.1. The monoisotopic (exact) mass is 435 g/mol. The number of amides is 1. The van der Waals surface area contributed by atoms with Gasteiger partial charge in [-0.2, -0.15) is 4.98 Å². The number of nitrogens with one attached hydrogen (secondary N) is 1. The third-order valence-electron chi connectivity index (χ3n) is 4.54. The Bertz CT molecular complexity index is 1170. The molecule has 158 valence electrons. The highest BCUT2D eigenvalue weighted by Crippen LogP contribution is 2.27. The molecule has 8 heteroatoms. The van der Waals surface area contributed by atoms with E-state index in [1.807, 2.05) is 37.3 Å². The Kier molecular flexibility index (Phi) is 6.37. The minimum atomic E-state index is -0.0817. The Balaban J connectivity index is 1.30. The van der Waals surface area contributed by atoms with Crippen LogP contribution in [-0.4, -0.2) is 28.9 Å². The van der Waals surface area contributed by atoms with Gasteiger partial charge in [0, 0.05) is 11.3 Å². The van der Waals surface area contributed by atoms with Gasteiger partial charge in [0.1, 0.15) is 11.5 Å². The summed E-state index contributed by atoms with van der Waals surface area (Å²) in [4.78, 5) is 16.6. The third-order valence-corrected chi connectivity index (χ3v) is 5.49. The van der Waals surface area contributed by atoms with Gasteiger partial charge in [0.2, 0.25) is 11.7 Å². The lowest BCUT2D eigenvalue weighted by Gasteiger charge is -2.05. The maximum atomic E-state index is 12.1. The Morgan fingerprint density at radius 3 is 2.68 bits per heavy atom. The summed E-state index contributed by atoms with van der Waals surface area (Å²) >= 11 is 1.46. The van der Waals surface area contributed by atoms with Crippen LogP contribution in [0.25, 0.3) is 23.0 Å². The SMILES string of the molecule is COc1ccc(NC(=O)CSCc2ccc(-c3nc(-c4ccccc4C)no3)o2)cc1. The number of carbonyl (C=O) groups excluding carboxylic acids is 1. The number of carbonyl (C=O) groups is 1. The predicted molar refractivity (Wildman–Crippen MR) is 120 cm³/mol. The fraction of sp³-hybridized carbons (Fsp3) is 0.174. The number of rotatable bonds is 8. The number of hydrogen-bond acceptors (Lipinski definition) is 7. The molecule has 4 rings (SSSR count). The molecule has 0 radical (unpaired) electrons. The summed E-state index contributed by atoms with van der Waals surface area (Å²) in [5, 5.41) is 6.91. The summed E-state index contributed by atoms with van der Waals surface area (Å²) in [7, 11) is 1.60. The van der Waals surface area contributed by atoms with Crippen molar-refractivity contribution in [2.75, 3.05) is 18.2 Å². The van der Waals surface area contributed by atoms with Crippen molar-refractivity contribution in [3.63, 3.8) is 0 Å². The highest BCUT2D eigenvalue weighted by atomic mass is 32.2. The third kappa shape index (κ3) is 5.16. The molecule has 0 bridgehead atoms. The van der Waals surface area contributed by atoms with Gasteiger partial charge in [-0.25, -0.2) is 0 Å². The number of hydrogen-bond donors (Lipinski definition) is 1. The normalized spacial score (nSPS) is 10.8. The molecule has 0 saturated heterocycles. The fourth-order valence-corrected chi connectivity index (χ4v) is 3.66. The van der Waals surface area contributed by atoms with Gasteiger partial charge < -0.3 is 19.0 Å². The van der Waals surface area contributed by atoms with Crippen molar-refractivity contribution in [1.29, 1.82) is 0 Å². The molecule has 0 unspecified atom stereocenters. The quantitative estimate of drug-likeness (QED) is 0.407. The molecule has 2 aromatic carbocycles. The maximum Gasteiger partial charge on any atom is 0.293 e. The van der Waals surface area contributed by atoms with E-state index in [0.29, 0.717) is 29.0 Å². The molecule has 0 spiro atoms. The van der Waals surface area contributed by atoms with Crippen molar-refractivity contribution in [3.8, 4) is 28.8 Å². The van der Waals surface area contributed by atoms with E-state index in [1.54, 1.807) is 37.4 Å². The molecular weight excluding hydrogens is 414 g/mol. The minimum absolute atomic E-state index is 0.0817. The van der Waals surface area contributed by atoms with Crippen molar-refractivity contribution in [2.45, 2.75) is 12.7 Å². The molecule has 0 saturated carbocycles. The van der Waals surface area contributed by atoms with Gasteiger partial charge >= 0.3 is 0 Å². The smallest absolute Gasteiger partial charge is 0.293 e. The van der Waals surface area contributed by atoms with Crippen molar-refractivity contribution < 1.29 is 18.5 Å². The van der Waals surface area contributed by atoms with E-state index in [0.717, 1.165) is 28.3 Å². The molecule has 7 nitrogen and oxygen atoms in total. The van der Waals surface area contributed by atoms with E-state index >= 15 is 0 Å². The van der Waals surface area contributed by atoms with Crippen molar-refractivity contribution in [3.05, 3.63) is 72.0 Å². The summed E-state index contributed by atoms with van der Waals surface area (Å²) in [5.41, 5.74) is 2.72. The van der Waals surface area contributed by atoms with Crippen LogP contribution in [0, 0.1) is 6.92 Å². The molecule has 0 aliphatic heterocycles. The van der Waals surface area contributed by atoms with Crippen LogP contribution < -0.4 is 10.1 Å². The van der Waals surface area contributed by atoms with Crippen LogP contribution in [-0.2, 0) is 10.5 Å². The van der Waals surface area contributed by atoms with E-state index < -0.39 is 0 Å². The number of aromatic nitrogens is 2. The highest BCUT2D eigenvalue weighted by molar-refractivity contribution is 7.99. The van der Waals surface area contributed by atoms with E-state index in [-0.39, 0.29) is 5.91 Å². The van der Waals surface area contributed by atoms with Crippen molar-refractivity contribution in [1.82, 2.24) is 10.1 Å². The summed E-state index contributed by atoms with van der Waals surface area (Å²) in [6.07, 6.45) is 0. The topological polar surface area (TPSA) is 90.4 Å². The average Bonchev–Trinajstić information content (AvgIpc) is 3.44. The van der Waals surface area contributed by atoms with Gasteiger partial charge in [-0.1, -0.05) is 29.4 Å². The Hall–Kier alpha value is -3.52. The van der Waals surface area contributed by atoms with Gasteiger partial charge in [-0.05, 0) is 48.9 Å². The summed E-state index contributed by atoms with van der Waals surface area (Å²) in [5.74, 6) is 3.60. The van der Waals surface area contributed by atoms with E-state index in [4.69, 9.17) is 13.7 Å². The van der Waals surface area contributed by atoms with E-state index in [2.05, 4.69) is 15.5 Å². The van der Waals surface area contributed by atoms with Crippen LogP contribution >= 0.6 is 11.8 Å². The first-order valence-electron chi connectivity index (χ1n) is 9.63. The van der Waals surface area contributed by atoms with Crippen LogP contribution in [0.3, 0.4) is 0 Å². The zero-order valence-electron chi connectivity index (χ0n) is 17.1. The predicted octanol–water partition coefficient (Wildman–Crippen LogP) is 5.19. The number of furan rings is 1.